The Kier molecular flexibility index (Phi) is 9.53. The van der Waals surface area contributed by atoms with Crippen molar-refractivity contribution in [3.63, 3.8) is 0 Å². The minimum atomic E-state index is -0.963. The minimum absolute atomic E-state index is 0.313. The lowest BCUT2D eigenvalue weighted by molar-refractivity contribution is -0.138. The van der Waals surface area contributed by atoms with Gasteiger partial charge in [-0.3, -0.25) is 10.00 Å². The van der Waals surface area contributed by atoms with Crippen LogP contribution in [-0.2, 0) is 17.6 Å². The zero-order valence-corrected chi connectivity index (χ0v) is 22.9. The number of H-pyrrole nitrogens is 1. The molecule has 0 radical (unpaired) electrons. The molecule has 4 aromatic rings. The molecule has 0 aliphatic carbocycles. The number of benzene rings is 1. The number of aromatic amines is 1. The second-order valence-electron chi connectivity index (χ2n) is 10.1. The van der Waals surface area contributed by atoms with Gasteiger partial charge in [-0.05, 0) is 81.0 Å². The number of nitrogens with zero attached hydrogens (tertiary/aromatic N) is 5. The molecule has 0 fully saturated rings. The number of carbonyl (C=O) groups is 1. The zero-order chi connectivity index (χ0) is 28.4. The third-order valence-corrected chi connectivity index (χ3v) is 7.19. The Hall–Kier alpha value is -4.32. The van der Waals surface area contributed by atoms with Gasteiger partial charge in [0.2, 0.25) is 0 Å². The first-order valence-electron chi connectivity index (χ1n) is 14.0. The molecule has 11 nitrogen and oxygen atoms in total. The van der Waals surface area contributed by atoms with Crippen LogP contribution < -0.4 is 15.4 Å². The summed E-state index contributed by atoms with van der Waals surface area (Å²) >= 11 is 0. The molecule has 5 rings (SSSR count). The average Bonchev–Trinajstić information content (AvgIpc) is 3.47. The van der Waals surface area contributed by atoms with Crippen LogP contribution in [0.4, 0.5) is 16.0 Å². The van der Waals surface area contributed by atoms with E-state index in [-0.39, 0.29) is 5.82 Å². The van der Waals surface area contributed by atoms with Crippen LogP contribution in [0, 0.1) is 5.82 Å². The number of carboxylic acid groups (broad SMARTS) is 1. The van der Waals surface area contributed by atoms with E-state index in [9.17, 15) is 14.3 Å². The Bertz CT molecular complexity index is 1430. The number of hydrogen-bond acceptors (Lipinski definition) is 9. The van der Waals surface area contributed by atoms with E-state index in [4.69, 9.17) is 9.72 Å². The number of hydrogen-bond donors (Lipinski definition) is 4. The van der Waals surface area contributed by atoms with Crippen LogP contribution in [-0.4, -0.2) is 80.0 Å². The first-order chi connectivity index (χ1) is 20.0. The van der Waals surface area contributed by atoms with Gasteiger partial charge in [0.25, 0.3) is 0 Å². The molecule has 0 saturated heterocycles. The predicted octanol–water partition coefficient (Wildman–Crippen LogP) is 3.90. The molecule has 0 amide bonds. The molecule has 1 aromatic carbocycles. The summed E-state index contributed by atoms with van der Waals surface area (Å²) in [5.74, 6) is 0.754. The van der Waals surface area contributed by atoms with Crippen molar-refractivity contribution in [2.24, 2.45) is 0 Å². The average molecular weight is 563 g/mol. The summed E-state index contributed by atoms with van der Waals surface area (Å²) in [7, 11) is 0. The van der Waals surface area contributed by atoms with Crippen molar-refractivity contribution in [3.8, 4) is 5.75 Å². The lowest BCUT2D eigenvalue weighted by Crippen LogP contribution is -2.37. The minimum Gasteiger partial charge on any atom is -0.492 e. The molecule has 41 heavy (non-hydrogen) atoms. The molecule has 1 atom stereocenters. The summed E-state index contributed by atoms with van der Waals surface area (Å²) in [6.45, 7) is 3.29. The summed E-state index contributed by atoms with van der Waals surface area (Å²) < 4.78 is 19.1. The Labute approximate surface area is 237 Å². The number of carboxylic acids is 1. The van der Waals surface area contributed by atoms with Crippen LogP contribution in [0.25, 0.3) is 11.0 Å². The molecular formula is C29H35FN8O3. The summed E-state index contributed by atoms with van der Waals surface area (Å²) in [6, 6.07) is 9.38. The molecule has 4 heterocycles. The fourth-order valence-corrected chi connectivity index (χ4v) is 4.92. The zero-order valence-electron chi connectivity index (χ0n) is 22.9. The number of rotatable bonds is 15. The number of fused-ring (bicyclic) bond motifs is 2. The molecule has 0 spiro atoms. The highest BCUT2D eigenvalue weighted by Gasteiger charge is 2.21. The van der Waals surface area contributed by atoms with Crippen LogP contribution >= 0.6 is 0 Å². The Morgan fingerprint density at radius 1 is 1.12 bits per heavy atom. The third kappa shape index (κ3) is 7.88. The van der Waals surface area contributed by atoms with Crippen molar-refractivity contribution in [3.05, 3.63) is 66.0 Å². The maximum absolute atomic E-state index is 13.2. The van der Waals surface area contributed by atoms with E-state index in [0.717, 1.165) is 56.7 Å². The molecule has 4 N–H and O–H groups in total. The molecule has 12 heteroatoms. The lowest BCUT2D eigenvalue weighted by atomic mass is 10.1. The molecule has 0 saturated carbocycles. The Morgan fingerprint density at radius 2 is 2.00 bits per heavy atom. The fourth-order valence-electron chi connectivity index (χ4n) is 4.92. The van der Waals surface area contributed by atoms with E-state index < -0.39 is 12.0 Å². The van der Waals surface area contributed by atoms with Gasteiger partial charge in [-0.15, -0.1) is 0 Å². The van der Waals surface area contributed by atoms with Gasteiger partial charge in [-0.1, -0.05) is 6.07 Å². The van der Waals surface area contributed by atoms with Gasteiger partial charge in [0.05, 0.1) is 11.6 Å². The molecular weight excluding hydrogens is 527 g/mol. The highest BCUT2D eigenvalue weighted by molar-refractivity contribution is 5.88. The van der Waals surface area contributed by atoms with Crippen molar-refractivity contribution in [1.82, 2.24) is 30.0 Å². The number of aryl methyl sites for hydroxylation is 2. The Morgan fingerprint density at radius 3 is 2.85 bits per heavy atom. The topological polar surface area (TPSA) is 141 Å². The largest absolute Gasteiger partial charge is 0.492 e. The number of unbranched alkanes of at least 4 members (excludes halogenated alkanes) is 1. The van der Waals surface area contributed by atoms with Crippen LogP contribution in [0.15, 0.2) is 48.9 Å². The van der Waals surface area contributed by atoms with Crippen LogP contribution in [0.3, 0.4) is 0 Å². The Balaban J connectivity index is 1.16. The number of pyridine rings is 1. The van der Waals surface area contributed by atoms with Crippen LogP contribution in [0.5, 0.6) is 5.75 Å². The van der Waals surface area contributed by atoms with E-state index in [1.165, 1.54) is 24.0 Å². The van der Waals surface area contributed by atoms with Crippen LogP contribution in [0.2, 0.25) is 0 Å². The summed E-state index contributed by atoms with van der Waals surface area (Å²) in [5, 5.41) is 23.7. The molecule has 216 valence electrons. The fraction of sp³-hybridized carbons (Fsp3) is 0.414. The number of anilines is 2. The van der Waals surface area contributed by atoms with E-state index in [1.807, 2.05) is 0 Å². The smallest absolute Gasteiger partial charge is 0.326 e. The van der Waals surface area contributed by atoms with Crippen molar-refractivity contribution in [1.29, 1.82) is 0 Å². The number of aliphatic carboxylic acids is 1. The molecule has 3 aromatic heterocycles. The predicted molar refractivity (Wildman–Crippen MR) is 154 cm³/mol. The second-order valence-corrected chi connectivity index (χ2v) is 10.1. The van der Waals surface area contributed by atoms with Crippen molar-refractivity contribution in [2.75, 3.05) is 43.4 Å². The van der Waals surface area contributed by atoms with E-state index in [0.29, 0.717) is 48.7 Å². The highest BCUT2D eigenvalue weighted by atomic mass is 19.1. The highest BCUT2D eigenvalue weighted by Crippen LogP contribution is 2.21. The summed E-state index contributed by atoms with van der Waals surface area (Å²) in [6.07, 6.45) is 8.27. The lowest BCUT2D eigenvalue weighted by Gasteiger charge is -2.25. The van der Waals surface area contributed by atoms with Gasteiger partial charge >= 0.3 is 5.97 Å². The number of halogens is 1. The van der Waals surface area contributed by atoms with Crippen molar-refractivity contribution >= 4 is 28.6 Å². The monoisotopic (exact) mass is 562 g/mol. The number of ether oxygens (including phenoxy) is 1. The third-order valence-electron chi connectivity index (χ3n) is 7.19. The van der Waals surface area contributed by atoms with Gasteiger partial charge in [0, 0.05) is 25.3 Å². The SMILES string of the molecule is O=C(O)C(CCN(CCCCc1ccc2c(n1)NCCC2)CCOc1ccc(F)cc1)Nc1ncnc2[nH]ncc12. The van der Waals surface area contributed by atoms with Crippen molar-refractivity contribution < 1.29 is 19.0 Å². The summed E-state index contributed by atoms with van der Waals surface area (Å²) in [4.78, 5) is 27.4. The van der Waals surface area contributed by atoms with E-state index in [2.05, 4.69) is 47.8 Å². The van der Waals surface area contributed by atoms with E-state index in [1.54, 1.807) is 18.3 Å². The van der Waals surface area contributed by atoms with Gasteiger partial charge in [0.1, 0.15) is 42.2 Å². The molecule has 0 bridgehead atoms. The number of nitrogens with one attached hydrogen (secondary N) is 3. The van der Waals surface area contributed by atoms with Crippen molar-refractivity contribution in [2.45, 2.75) is 44.6 Å². The van der Waals surface area contributed by atoms with Gasteiger partial charge in [-0.2, -0.15) is 5.10 Å². The standard InChI is InChI=1S/C29H35FN8O3/c30-21-7-10-23(11-8-21)41-17-16-38(14-2-1-5-22-9-6-20-4-3-13-31-26(20)35-22)15-12-25(29(39)40)36-27-24-18-34-37-28(24)33-19-32-27/h6-11,18-19,25H,1-5,12-17H2,(H,31,35)(H,39,40)(H2,32,33,34,36,37). The number of aromatic nitrogens is 5. The quantitative estimate of drug-likeness (QED) is 0.158. The first-order valence-corrected chi connectivity index (χ1v) is 14.0. The van der Waals surface area contributed by atoms with E-state index >= 15 is 0 Å². The molecule has 1 aliphatic heterocycles. The van der Waals surface area contributed by atoms with Gasteiger partial charge in [0.15, 0.2) is 5.65 Å². The van der Waals surface area contributed by atoms with Gasteiger partial charge in [-0.25, -0.2) is 24.1 Å². The maximum atomic E-state index is 13.2. The maximum Gasteiger partial charge on any atom is 0.326 e. The normalized spacial score (nSPS) is 13.5. The second kappa shape index (κ2) is 13.8. The van der Waals surface area contributed by atoms with Crippen LogP contribution in [0.1, 0.15) is 36.9 Å². The van der Waals surface area contributed by atoms with Gasteiger partial charge < -0.3 is 20.5 Å². The first kappa shape index (κ1) is 28.2. The molecule has 1 aliphatic rings. The molecule has 1 unspecified atom stereocenters. The summed E-state index contributed by atoms with van der Waals surface area (Å²) in [5.41, 5.74) is 2.90.